The van der Waals surface area contributed by atoms with Crippen molar-refractivity contribution in [2.24, 2.45) is 0 Å². The number of fused-ring (bicyclic) bond motifs is 2. The van der Waals surface area contributed by atoms with E-state index in [1.54, 1.807) is 0 Å². The molecule has 2 aromatic rings. The van der Waals surface area contributed by atoms with Crippen LogP contribution >= 0.6 is 0 Å². The summed E-state index contributed by atoms with van der Waals surface area (Å²) in [6.07, 6.45) is 4.76. The van der Waals surface area contributed by atoms with Crippen LogP contribution < -0.4 is 10.2 Å². The van der Waals surface area contributed by atoms with E-state index in [4.69, 9.17) is 0 Å². The van der Waals surface area contributed by atoms with Crippen molar-refractivity contribution < 1.29 is 4.79 Å². The molecule has 2 amide bonds. The molecule has 7 nitrogen and oxygen atoms in total. The Hall–Kier alpha value is -2.44. The minimum absolute atomic E-state index is 0.109. The number of hydrogen-bond donors (Lipinski definition) is 1. The van der Waals surface area contributed by atoms with E-state index in [-0.39, 0.29) is 23.4 Å². The van der Waals surface area contributed by atoms with Gasteiger partial charge in [0.2, 0.25) is 0 Å². The molecule has 2 aliphatic rings. The number of anilines is 2. The van der Waals surface area contributed by atoms with Gasteiger partial charge in [0.15, 0.2) is 0 Å². The van der Waals surface area contributed by atoms with Gasteiger partial charge in [-0.05, 0) is 43.5 Å². The number of tetrazole rings is 1. The third kappa shape index (κ3) is 2.35. The van der Waals surface area contributed by atoms with Gasteiger partial charge in [0.1, 0.15) is 0 Å². The van der Waals surface area contributed by atoms with Gasteiger partial charge in [-0.15, -0.1) is 5.10 Å². The van der Waals surface area contributed by atoms with Crippen molar-refractivity contribution in [2.45, 2.75) is 51.0 Å². The summed E-state index contributed by atoms with van der Waals surface area (Å²) in [5.41, 5.74) is 2.43. The molecule has 4 rings (SSSR count). The SMILES string of the molecule is CC(C)n1nnc(NC(=O)N2CC3(CCCC3)c3ccccc32)n1. The van der Waals surface area contributed by atoms with E-state index < -0.39 is 0 Å². The van der Waals surface area contributed by atoms with Gasteiger partial charge in [0.25, 0.3) is 5.95 Å². The van der Waals surface area contributed by atoms with Crippen molar-refractivity contribution in [2.75, 3.05) is 16.8 Å². The number of nitrogens with zero attached hydrogens (tertiary/aromatic N) is 5. The van der Waals surface area contributed by atoms with Gasteiger partial charge in [0.05, 0.1) is 6.04 Å². The highest BCUT2D eigenvalue weighted by Gasteiger charge is 2.46. The average Bonchev–Trinajstić information content (AvgIpc) is 3.29. The Morgan fingerprint density at radius 2 is 2.00 bits per heavy atom. The molecule has 1 aliphatic carbocycles. The number of rotatable bonds is 2. The molecule has 1 N–H and O–H groups in total. The van der Waals surface area contributed by atoms with Gasteiger partial charge >= 0.3 is 6.03 Å². The smallest absolute Gasteiger partial charge is 0.293 e. The van der Waals surface area contributed by atoms with Gasteiger partial charge in [0, 0.05) is 17.6 Å². The molecular formula is C17H22N6O. The van der Waals surface area contributed by atoms with Crippen molar-refractivity contribution in [3.05, 3.63) is 29.8 Å². The van der Waals surface area contributed by atoms with E-state index in [0.29, 0.717) is 0 Å². The lowest BCUT2D eigenvalue weighted by Gasteiger charge is -2.24. The highest BCUT2D eigenvalue weighted by Crippen LogP contribution is 2.50. The van der Waals surface area contributed by atoms with Crippen molar-refractivity contribution in [1.29, 1.82) is 0 Å². The average molecular weight is 326 g/mol. The van der Waals surface area contributed by atoms with Crippen molar-refractivity contribution in [3.63, 3.8) is 0 Å². The number of nitrogens with one attached hydrogen (secondary N) is 1. The van der Waals surface area contributed by atoms with Crippen molar-refractivity contribution >= 4 is 17.7 Å². The first-order chi connectivity index (χ1) is 11.6. The fraction of sp³-hybridized carbons (Fsp3) is 0.529. The zero-order chi connectivity index (χ0) is 16.7. The zero-order valence-electron chi connectivity index (χ0n) is 14.1. The van der Waals surface area contributed by atoms with Crippen LogP contribution in [0.1, 0.15) is 51.1 Å². The van der Waals surface area contributed by atoms with Gasteiger partial charge < -0.3 is 0 Å². The second-order valence-corrected chi connectivity index (χ2v) is 7.05. The Kier molecular flexibility index (Phi) is 3.51. The number of benzene rings is 1. The number of amides is 2. The van der Waals surface area contributed by atoms with Crippen LogP contribution in [0, 0.1) is 0 Å². The third-order valence-corrected chi connectivity index (χ3v) is 5.14. The number of urea groups is 1. The van der Waals surface area contributed by atoms with Crippen LogP contribution in [0.15, 0.2) is 24.3 Å². The van der Waals surface area contributed by atoms with Gasteiger partial charge in [-0.25, -0.2) is 4.79 Å². The predicted molar refractivity (Wildman–Crippen MR) is 91.2 cm³/mol. The van der Waals surface area contributed by atoms with E-state index in [0.717, 1.165) is 25.1 Å². The first-order valence-corrected chi connectivity index (χ1v) is 8.57. The summed E-state index contributed by atoms with van der Waals surface area (Å²) in [6.45, 7) is 4.66. The number of carbonyl (C=O) groups excluding carboxylic acids is 1. The molecule has 0 bridgehead atoms. The molecule has 1 fully saturated rings. The summed E-state index contributed by atoms with van der Waals surface area (Å²) in [6, 6.07) is 8.17. The van der Waals surface area contributed by atoms with Gasteiger partial charge in [-0.1, -0.05) is 36.1 Å². The lowest BCUT2D eigenvalue weighted by Crippen LogP contribution is -2.38. The predicted octanol–water partition coefficient (Wildman–Crippen LogP) is 3.12. The minimum Gasteiger partial charge on any atom is -0.293 e. The lowest BCUT2D eigenvalue weighted by atomic mass is 9.81. The van der Waals surface area contributed by atoms with E-state index >= 15 is 0 Å². The largest absolute Gasteiger partial charge is 0.328 e. The van der Waals surface area contributed by atoms with E-state index in [9.17, 15) is 4.79 Å². The normalized spacial score (nSPS) is 18.4. The molecule has 1 spiro atoms. The summed E-state index contributed by atoms with van der Waals surface area (Å²) >= 11 is 0. The van der Waals surface area contributed by atoms with E-state index in [2.05, 4.69) is 32.9 Å². The summed E-state index contributed by atoms with van der Waals surface area (Å²) in [4.78, 5) is 16.1. The third-order valence-electron chi connectivity index (χ3n) is 5.14. The van der Waals surface area contributed by atoms with Crippen LogP contribution in [0.2, 0.25) is 0 Å². The molecule has 0 radical (unpaired) electrons. The first kappa shape index (κ1) is 15.1. The Balaban J connectivity index is 1.58. The number of carbonyl (C=O) groups is 1. The first-order valence-electron chi connectivity index (χ1n) is 8.57. The molecule has 1 saturated carbocycles. The molecule has 1 aliphatic heterocycles. The number of aromatic nitrogens is 4. The highest BCUT2D eigenvalue weighted by atomic mass is 16.2. The van der Waals surface area contributed by atoms with Crippen molar-refractivity contribution in [3.8, 4) is 0 Å². The Morgan fingerprint density at radius 1 is 1.25 bits per heavy atom. The molecule has 126 valence electrons. The number of para-hydroxylation sites is 1. The maximum absolute atomic E-state index is 12.8. The topological polar surface area (TPSA) is 75.9 Å². The van der Waals surface area contributed by atoms with Crippen LogP contribution in [0.4, 0.5) is 16.4 Å². The second kappa shape index (κ2) is 5.58. The van der Waals surface area contributed by atoms with Gasteiger partial charge in [-0.3, -0.25) is 10.2 Å². The monoisotopic (exact) mass is 326 g/mol. The van der Waals surface area contributed by atoms with Crippen molar-refractivity contribution in [1.82, 2.24) is 20.2 Å². The summed E-state index contributed by atoms with van der Waals surface area (Å²) < 4.78 is 0. The molecule has 2 heterocycles. The molecule has 1 aromatic heterocycles. The van der Waals surface area contributed by atoms with Crippen LogP contribution in [-0.2, 0) is 5.41 Å². The lowest BCUT2D eigenvalue weighted by molar-refractivity contribution is 0.256. The fourth-order valence-corrected chi connectivity index (χ4v) is 3.95. The van der Waals surface area contributed by atoms with E-state index in [1.165, 1.54) is 23.2 Å². The molecule has 24 heavy (non-hydrogen) atoms. The Labute approximate surface area is 141 Å². The highest BCUT2D eigenvalue weighted by molar-refractivity contribution is 6.02. The van der Waals surface area contributed by atoms with Gasteiger partial charge in [-0.2, -0.15) is 4.80 Å². The quantitative estimate of drug-likeness (QED) is 0.920. The zero-order valence-corrected chi connectivity index (χ0v) is 14.1. The Morgan fingerprint density at radius 3 is 2.71 bits per heavy atom. The fourth-order valence-electron chi connectivity index (χ4n) is 3.95. The number of hydrogen-bond acceptors (Lipinski definition) is 4. The standard InChI is InChI=1S/C17H22N6O/c1-12(2)23-20-15(19-21-23)18-16(24)22-11-17(9-5-6-10-17)13-7-3-4-8-14(13)22/h3-4,7-8,12H,5-6,9-11H2,1-2H3,(H,18,20,24). The Bertz CT molecular complexity index is 762. The van der Waals surface area contributed by atoms with Crippen LogP contribution in [0.25, 0.3) is 0 Å². The van der Waals surface area contributed by atoms with Crippen LogP contribution in [0.3, 0.4) is 0 Å². The summed E-state index contributed by atoms with van der Waals surface area (Å²) in [5.74, 6) is 0.249. The maximum Gasteiger partial charge on any atom is 0.328 e. The minimum atomic E-state index is -0.186. The molecule has 0 atom stereocenters. The molecule has 7 heteroatoms. The van der Waals surface area contributed by atoms with E-state index in [1.807, 2.05) is 30.9 Å². The van der Waals surface area contributed by atoms with Crippen LogP contribution in [-0.4, -0.2) is 32.8 Å². The molecule has 0 saturated heterocycles. The molecule has 1 aromatic carbocycles. The van der Waals surface area contributed by atoms with Crippen LogP contribution in [0.5, 0.6) is 0 Å². The summed E-state index contributed by atoms with van der Waals surface area (Å²) in [7, 11) is 0. The maximum atomic E-state index is 12.8. The second-order valence-electron chi connectivity index (χ2n) is 7.05. The molecular weight excluding hydrogens is 304 g/mol. The molecule has 0 unspecified atom stereocenters. The summed E-state index contributed by atoms with van der Waals surface area (Å²) in [5, 5.41) is 14.9.